The molecular weight excluding hydrogens is 270 g/mol. The van der Waals surface area contributed by atoms with E-state index in [4.69, 9.17) is 4.74 Å². The molecule has 0 unspecified atom stereocenters. The van der Waals surface area contributed by atoms with Crippen molar-refractivity contribution in [2.75, 3.05) is 12.1 Å². The maximum atomic E-state index is 12.0. The number of carbonyl (C=O) groups is 1. The number of benzene rings is 2. The Labute approximate surface area is 122 Å². The molecule has 21 heavy (non-hydrogen) atoms. The fourth-order valence-electron chi connectivity index (χ4n) is 1.77. The molecule has 0 spiro atoms. The number of hydrogen-bond donors (Lipinski definition) is 1. The highest BCUT2D eigenvalue weighted by molar-refractivity contribution is 5.91. The van der Waals surface area contributed by atoms with Crippen molar-refractivity contribution in [3.05, 3.63) is 65.1 Å². The minimum absolute atomic E-state index is 0.321. The Morgan fingerprint density at radius 3 is 2.38 bits per heavy atom. The number of nitrogens with zero attached hydrogens (tertiary/aromatic N) is 2. The molecule has 0 heterocycles. The maximum Gasteiger partial charge on any atom is 0.345 e. The van der Waals surface area contributed by atoms with E-state index in [1.807, 2.05) is 30.3 Å². The van der Waals surface area contributed by atoms with Crippen LogP contribution in [0.25, 0.3) is 0 Å². The summed E-state index contributed by atoms with van der Waals surface area (Å²) < 4.78 is 5.02. The van der Waals surface area contributed by atoms with Crippen molar-refractivity contribution in [2.45, 2.75) is 6.54 Å². The molecule has 2 aromatic rings. The molecule has 2 amide bonds. The summed E-state index contributed by atoms with van der Waals surface area (Å²) in [6.07, 6.45) is 0. The Kier molecular flexibility index (Phi) is 4.87. The molecule has 108 valence electrons. The van der Waals surface area contributed by atoms with E-state index < -0.39 is 6.03 Å². The molecule has 0 aromatic heterocycles. The molecule has 0 saturated heterocycles. The first kappa shape index (κ1) is 14.5. The second-order valence-corrected chi connectivity index (χ2v) is 4.24. The van der Waals surface area contributed by atoms with Crippen molar-refractivity contribution in [3.63, 3.8) is 0 Å². The van der Waals surface area contributed by atoms with Gasteiger partial charge in [0, 0.05) is 6.54 Å². The minimum atomic E-state index is -0.584. The number of urea groups is 1. The van der Waals surface area contributed by atoms with E-state index in [0.717, 1.165) is 10.6 Å². The Morgan fingerprint density at radius 2 is 1.81 bits per heavy atom. The van der Waals surface area contributed by atoms with Gasteiger partial charge in [0.05, 0.1) is 18.1 Å². The molecule has 0 atom stereocenters. The maximum absolute atomic E-state index is 12.0. The summed E-state index contributed by atoms with van der Waals surface area (Å²) >= 11 is 0. The van der Waals surface area contributed by atoms with E-state index in [1.54, 1.807) is 24.3 Å². The lowest BCUT2D eigenvalue weighted by Crippen LogP contribution is -2.35. The van der Waals surface area contributed by atoms with Crippen molar-refractivity contribution in [3.8, 4) is 5.75 Å². The molecule has 0 radical (unpaired) electrons. The lowest BCUT2D eigenvalue weighted by Gasteiger charge is -2.14. The highest BCUT2D eigenvalue weighted by atomic mass is 16.5. The van der Waals surface area contributed by atoms with E-state index in [0.29, 0.717) is 18.0 Å². The lowest BCUT2D eigenvalue weighted by atomic mass is 10.2. The molecule has 0 fully saturated rings. The zero-order chi connectivity index (χ0) is 15.1. The Morgan fingerprint density at radius 1 is 1.14 bits per heavy atom. The molecule has 2 aromatic carbocycles. The van der Waals surface area contributed by atoms with Gasteiger partial charge in [-0.3, -0.25) is 0 Å². The van der Waals surface area contributed by atoms with Crippen molar-refractivity contribution in [1.29, 1.82) is 0 Å². The number of anilines is 1. The predicted octanol–water partition coefficient (Wildman–Crippen LogP) is 3.09. The SMILES string of the molecule is COc1ccc(N(N=O)C(=O)NCc2ccccc2)cc1. The first-order chi connectivity index (χ1) is 10.2. The van der Waals surface area contributed by atoms with Gasteiger partial charge in [-0.15, -0.1) is 9.92 Å². The van der Waals surface area contributed by atoms with E-state index in [1.165, 1.54) is 7.11 Å². The number of amides is 2. The van der Waals surface area contributed by atoms with Crippen LogP contribution >= 0.6 is 0 Å². The number of nitrogens with one attached hydrogen (secondary N) is 1. The van der Waals surface area contributed by atoms with Gasteiger partial charge in [0.2, 0.25) is 0 Å². The van der Waals surface area contributed by atoms with Crippen LogP contribution < -0.4 is 15.1 Å². The third-order valence-electron chi connectivity index (χ3n) is 2.88. The summed E-state index contributed by atoms with van der Waals surface area (Å²) in [5.41, 5.74) is 1.31. The number of nitroso groups, excluding NO2 is 1. The van der Waals surface area contributed by atoms with Crippen molar-refractivity contribution < 1.29 is 9.53 Å². The fraction of sp³-hybridized carbons (Fsp3) is 0.133. The van der Waals surface area contributed by atoms with Crippen LogP contribution in [0.4, 0.5) is 10.5 Å². The summed E-state index contributed by atoms with van der Waals surface area (Å²) in [5, 5.41) is 6.16. The average Bonchev–Trinajstić information content (AvgIpc) is 2.55. The van der Waals surface area contributed by atoms with Crippen LogP contribution in [-0.4, -0.2) is 13.1 Å². The van der Waals surface area contributed by atoms with Crippen LogP contribution in [-0.2, 0) is 6.54 Å². The molecule has 6 nitrogen and oxygen atoms in total. The van der Waals surface area contributed by atoms with Gasteiger partial charge in [-0.05, 0) is 29.8 Å². The lowest BCUT2D eigenvalue weighted by molar-refractivity contribution is 0.246. The standard InChI is InChI=1S/C15H15N3O3/c1-21-14-9-7-13(8-10-14)18(17-20)15(19)16-11-12-5-3-2-4-6-12/h2-10H,11H2,1H3,(H,16,19). The van der Waals surface area contributed by atoms with Crippen molar-refractivity contribution >= 4 is 11.7 Å². The highest BCUT2D eigenvalue weighted by Gasteiger charge is 2.16. The predicted molar refractivity (Wildman–Crippen MR) is 79.9 cm³/mol. The quantitative estimate of drug-likeness (QED) is 0.677. The number of methoxy groups -OCH3 is 1. The van der Waals surface area contributed by atoms with Gasteiger partial charge in [0.25, 0.3) is 0 Å². The first-order valence-electron chi connectivity index (χ1n) is 6.34. The summed E-state index contributed by atoms with van der Waals surface area (Å²) in [6, 6.07) is 15.3. The fourth-order valence-corrected chi connectivity index (χ4v) is 1.77. The zero-order valence-electron chi connectivity index (χ0n) is 11.5. The molecule has 1 N–H and O–H groups in total. The highest BCUT2D eigenvalue weighted by Crippen LogP contribution is 2.19. The molecule has 2 rings (SSSR count). The molecule has 0 bridgehead atoms. The molecule has 0 aliphatic rings. The number of rotatable bonds is 5. The minimum Gasteiger partial charge on any atom is -0.497 e. The smallest absolute Gasteiger partial charge is 0.345 e. The van der Waals surface area contributed by atoms with Crippen LogP contribution in [0.15, 0.2) is 59.9 Å². The van der Waals surface area contributed by atoms with Gasteiger partial charge in [-0.1, -0.05) is 30.3 Å². The first-order valence-corrected chi connectivity index (χ1v) is 6.34. The van der Waals surface area contributed by atoms with Crippen molar-refractivity contribution in [1.82, 2.24) is 5.32 Å². The normalized spacial score (nSPS) is 9.76. The van der Waals surface area contributed by atoms with Crippen LogP contribution in [0, 0.1) is 4.91 Å². The van der Waals surface area contributed by atoms with E-state index in [2.05, 4.69) is 10.6 Å². The second kappa shape index (κ2) is 7.04. The van der Waals surface area contributed by atoms with Crippen LogP contribution in [0.1, 0.15) is 5.56 Å². The summed E-state index contributed by atoms with van der Waals surface area (Å²) in [4.78, 5) is 22.9. The second-order valence-electron chi connectivity index (χ2n) is 4.24. The molecule has 0 aliphatic carbocycles. The summed E-state index contributed by atoms with van der Waals surface area (Å²) in [5.74, 6) is 0.634. The Bertz CT molecular complexity index is 599. The average molecular weight is 285 g/mol. The van der Waals surface area contributed by atoms with Gasteiger partial charge in [-0.2, -0.15) is 0 Å². The topological polar surface area (TPSA) is 71.0 Å². The molecular formula is C15H15N3O3. The van der Waals surface area contributed by atoms with Crippen molar-refractivity contribution in [2.24, 2.45) is 5.29 Å². The van der Waals surface area contributed by atoms with Gasteiger partial charge in [0.15, 0.2) is 0 Å². The number of hydrogen-bond acceptors (Lipinski definition) is 4. The largest absolute Gasteiger partial charge is 0.497 e. The number of carbonyl (C=O) groups excluding carboxylic acids is 1. The number of ether oxygens (including phenoxy) is 1. The van der Waals surface area contributed by atoms with Gasteiger partial charge >= 0.3 is 6.03 Å². The third kappa shape index (κ3) is 3.79. The van der Waals surface area contributed by atoms with Crippen LogP contribution in [0.2, 0.25) is 0 Å². The van der Waals surface area contributed by atoms with Crippen LogP contribution in [0.3, 0.4) is 0 Å². The molecule has 0 aliphatic heterocycles. The monoisotopic (exact) mass is 285 g/mol. The van der Waals surface area contributed by atoms with Gasteiger partial charge in [-0.25, -0.2) is 4.79 Å². The zero-order valence-corrected chi connectivity index (χ0v) is 11.5. The molecule has 6 heteroatoms. The Hall–Kier alpha value is -2.89. The van der Waals surface area contributed by atoms with Gasteiger partial charge < -0.3 is 10.1 Å². The molecule has 0 saturated carbocycles. The van der Waals surface area contributed by atoms with E-state index >= 15 is 0 Å². The summed E-state index contributed by atoms with van der Waals surface area (Å²) in [6.45, 7) is 0.321. The summed E-state index contributed by atoms with van der Waals surface area (Å²) in [7, 11) is 1.54. The van der Waals surface area contributed by atoms with Crippen LogP contribution in [0.5, 0.6) is 5.75 Å². The van der Waals surface area contributed by atoms with Gasteiger partial charge in [0.1, 0.15) is 5.75 Å². The third-order valence-corrected chi connectivity index (χ3v) is 2.88. The van der Waals surface area contributed by atoms with E-state index in [-0.39, 0.29) is 0 Å². The van der Waals surface area contributed by atoms with E-state index in [9.17, 15) is 9.70 Å². The Balaban J connectivity index is 2.02.